The molecule has 1 fully saturated rings. The minimum absolute atomic E-state index is 0.0520. The molecule has 4 heterocycles. The van der Waals surface area contributed by atoms with Crippen LogP contribution in [0.15, 0.2) is 53.7 Å². The molecule has 1 aliphatic heterocycles. The maximum absolute atomic E-state index is 15.1. The van der Waals surface area contributed by atoms with E-state index >= 15 is 8.78 Å². The molecular formula is C25H23F2N5O4. The molecule has 9 nitrogen and oxygen atoms in total. The number of pyridine rings is 2. The molecule has 36 heavy (non-hydrogen) atoms. The van der Waals surface area contributed by atoms with Crippen LogP contribution in [0.4, 0.5) is 8.78 Å². The molecule has 5 rings (SSSR count). The van der Waals surface area contributed by atoms with Crippen molar-refractivity contribution in [1.82, 2.24) is 24.6 Å². The first-order valence-corrected chi connectivity index (χ1v) is 11.3. The Kier molecular flexibility index (Phi) is 6.33. The summed E-state index contributed by atoms with van der Waals surface area (Å²) in [5, 5.41) is 17.0. The molecule has 2 atom stereocenters. The summed E-state index contributed by atoms with van der Waals surface area (Å²) in [6, 6.07) is 6.50. The largest absolute Gasteiger partial charge is 0.389 e. The number of halogens is 2. The summed E-state index contributed by atoms with van der Waals surface area (Å²) in [5.74, 6) is -2.23. The zero-order valence-electron chi connectivity index (χ0n) is 19.3. The lowest BCUT2D eigenvalue weighted by Crippen LogP contribution is -2.48. The van der Waals surface area contributed by atoms with Gasteiger partial charge in [-0.2, -0.15) is 5.10 Å². The molecule has 186 valence electrons. The Balaban J connectivity index is 1.53. The van der Waals surface area contributed by atoms with Crippen LogP contribution in [0.25, 0.3) is 22.2 Å². The number of amides is 1. The quantitative estimate of drug-likeness (QED) is 0.438. The first-order valence-electron chi connectivity index (χ1n) is 11.3. The number of nitrogens with zero attached hydrogens (tertiary/aromatic N) is 4. The highest BCUT2D eigenvalue weighted by Gasteiger charge is 2.27. The number of aryl methyl sites for hydroxylation is 1. The van der Waals surface area contributed by atoms with E-state index < -0.39 is 41.8 Å². The van der Waals surface area contributed by atoms with Gasteiger partial charge < -0.3 is 19.7 Å². The van der Waals surface area contributed by atoms with Crippen molar-refractivity contribution in [2.45, 2.75) is 25.1 Å². The second-order valence-electron chi connectivity index (χ2n) is 8.64. The van der Waals surface area contributed by atoms with Gasteiger partial charge in [-0.15, -0.1) is 0 Å². The lowest BCUT2D eigenvalue weighted by Gasteiger charge is -2.28. The predicted octanol–water partition coefficient (Wildman–Crippen LogP) is 2.00. The monoisotopic (exact) mass is 495 g/mol. The van der Waals surface area contributed by atoms with Crippen LogP contribution < -0.4 is 10.9 Å². The average molecular weight is 495 g/mol. The van der Waals surface area contributed by atoms with Crippen LogP contribution in [0.3, 0.4) is 0 Å². The van der Waals surface area contributed by atoms with Gasteiger partial charge in [0.1, 0.15) is 11.6 Å². The number of carbonyl (C=O) groups excluding carboxylic acids is 1. The summed E-state index contributed by atoms with van der Waals surface area (Å²) in [6.45, 7) is 0.0395. The maximum Gasteiger partial charge on any atom is 0.260 e. The first kappa shape index (κ1) is 23.8. The van der Waals surface area contributed by atoms with Crippen LogP contribution in [0, 0.1) is 11.6 Å². The van der Waals surface area contributed by atoms with E-state index in [0.29, 0.717) is 24.3 Å². The molecule has 4 aromatic rings. The average Bonchev–Trinajstić information content (AvgIpc) is 3.30. The summed E-state index contributed by atoms with van der Waals surface area (Å²) in [6.07, 6.45) is 3.74. The van der Waals surface area contributed by atoms with E-state index in [1.165, 1.54) is 41.5 Å². The van der Waals surface area contributed by atoms with Crippen molar-refractivity contribution in [3.8, 4) is 11.3 Å². The zero-order valence-corrected chi connectivity index (χ0v) is 19.3. The topological polar surface area (TPSA) is 111 Å². The molecule has 3 aromatic heterocycles. The lowest BCUT2D eigenvalue weighted by atomic mass is 10.0. The number of rotatable bonds is 5. The van der Waals surface area contributed by atoms with Gasteiger partial charge in [-0.05, 0) is 36.8 Å². The van der Waals surface area contributed by atoms with Crippen LogP contribution >= 0.6 is 0 Å². The van der Waals surface area contributed by atoms with Crippen molar-refractivity contribution in [3.05, 3.63) is 82.0 Å². The van der Waals surface area contributed by atoms with Gasteiger partial charge in [0, 0.05) is 43.4 Å². The number of aliphatic hydroxyl groups is 1. The number of aromatic nitrogens is 4. The Morgan fingerprint density at radius 3 is 2.72 bits per heavy atom. The van der Waals surface area contributed by atoms with Crippen molar-refractivity contribution in [1.29, 1.82) is 0 Å². The van der Waals surface area contributed by atoms with Crippen molar-refractivity contribution in [3.63, 3.8) is 0 Å². The lowest BCUT2D eigenvalue weighted by molar-refractivity contribution is -0.0260. The Labute approximate surface area is 204 Å². The highest BCUT2D eigenvalue weighted by molar-refractivity contribution is 6.05. The van der Waals surface area contributed by atoms with Crippen LogP contribution in [0.5, 0.6) is 0 Å². The number of aliphatic hydroxyl groups excluding tert-OH is 1. The number of benzene rings is 1. The number of hydrogen-bond donors (Lipinski definition) is 2. The smallest absolute Gasteiger partial charge is 0.260 e. The van der Waals surface area contributed by atoms with Crippen molar-refractivity contribution in [2.75, 3.05) is 13.2 Å². The van der Waals surface area contributed by atoms with Gasteiger partial charge in [0.25, 0.3) is 11.5 Å². The fraction of sp³-hybridized carbons (Fsp3) is 0.280. The van der Waals surface area contributed by atoms with E-state index in [4.69, 9.17) is 4.74 Å². The third kappa shape index (κ3) is 4.38. The first-order chi connectivity index (χ1) is 17.3. The van der Waals surface area contributed by atoms with Crippen LogP contribution in [-0.2, 0) is 18.3 Å². The summed E-state index contributed by atoms with van der Waals surface area (Å²) in [4.78, 5) is 30.5. The molecular weight excluding hydrogens is 472 g/mol. The summed E-state index contributed by atoms with van der Waals surface area (Å²) in [7, 11) is 1.66. The Morgan fingerprint density at radius 2 is 2.03 bits per heavy atom. The number of ether oxygens (including phenoxy) is 1. The standard InChI is InChI=1S/C25H23F2N5O4/c1-31-21(4-7-29-31)14-9-18(26)16(19(27)10-14)11-32-12-17(23-15(25(32)35)3-2-6-28-23)24(34)30-20-5-8-36-13-22(20)33/h2-4,6-7,9-10,12,20,22,33H,5,8,11,13H2,1H3,(H,30,34)/t20-,22-/m0/s1. The molecule has 2 N–H and O–H groups in total. The van der Waals surface area contributed by atoms with E-state index in [0.717, 1.165) is 4.57 Å². The van der Waals surface area contributed by atoms with Gasteiger partial charge in [0.05, 0.1) is 47.5 Å². The van der Waals surface area contributed by atoms with Gasteiger partial charge in [-0.1, -0.05) is 0 Å². The Bertz CT molecular complexity index is 1490. The van der Waals surface area contributed by atoms with Crippen molar-refractivity contribution in [2.24, 2.45) is 7.05 Å². The number of hydrogen-bond acceptors (Lipinski definition) is 6. The molecule has 1 amide bonds. The summed E-state index contributed by atoms with van der Waals surface area (Å²) < 4.78 is 37.9. The molecule has 1 aromatic carbocycles. The fourth-order valence-electron chi connectivity index (χ4n) is 4.37. The molecule has 1 aliphatic rings. The highest BCUT2D eigenvalue weighted by Crippen LogP contribution is 2.25. The van der Waals surface area contributed by atoms with Crippen LogP contribution in [-0.4, -0.2) is 55.7 Å². The second-order valence-corrected chi connectivity index (χ2v) is 8.64. The predicted molar refractivity (Wildman–Crippen MR) is 126 cm³/mol. The third-order valence-electron chi connectivity index (χ3n) is 6.31. The van der Waals surface area contributed by atoms with Crippen LogP contribution in [0.2, 0.25) is 0 Å². The molecule has 1 saturated heterocycles. The molecule has 0 unspecified atom stereocenters. The molecule has 0 bridgehead atoms. The van der Waals surface area contributed by atoms with E-state index in [1.807, 2.05) is 0 Å². The minimum Gasteiger partial charge on any atom is -0.389 e. The highest BCUT2D eigenvalue weighted by atomic mass is 19.1. The molecule has 11 heteroatoms. The summed E-state index contributed by atoms with van der Waals surface area (Å²) >= 11 is 0. The molecule has 0 aliphatic carbocycles. The van der Waals surface area contributed by atoms with E-state index in [-0.39, 0.29) is 28.6 Å². The Hall–Kier alpha value is -3.96. The Morgan fingerprint density at radius 1 is 1.25 bits per heavy atom. The number of fused-ring (bicyclic) bond motifs is 1. The SMILES string of the molecule is Cn1nccc1-c1cc(F)c(Cn2cc(C(=O)N[C@H]3CCOC[C@@H]3O)c3ncccc3c2=O)c(F)c1. The van der Waals surface area contributed by atoms with Gasteiger partial charge in [-0.3, -0.25) is 19.3 Å². The maximum atomic E-state index is 15.1. The van der Waals surface area contributed by atoms with Gasteiger partial charge in [0.2, 0.25) is 0 Å². The molecule has 0 radical (unpaired) electrons. The molecule has 0 saturated carbocycles. The van der Waals surface area contributed by atoms with E-state index in [2.05, 4.69) is 15.4 Å². The number of nitrogens with one attached hydrogen (secondary N) is 1. The number of carbonyl (C=O) groups is 1. The normalized spacial score (nSPS) is 17.9. The van der Waals surface area contributed by atoms with Crippen molar-refractivity contribution < 1.29 is 23.4 Å². The fourth-order valence-corrected chi connectivity index (χ4v) is 4.37. The van der Waals surface area contributed by atoms with Gasteiger partial charge in [-0.25, -0.2) is 8.78 Å². The second kappa shape index (κ2) is 9.59. The van der Waals surface area contributed by atoms with E-state index in [9.17, 15) is 14.7 Å². The van der Waals surface area contributed by atoms with Gasteiger partial charge in [0.15, 0.2) is 0 Å². The van der Waals surface area contributed by atoms with Gasteiger partial charge >= 0.3 is 0 Å². The summed E-state index contributed by atoms with van der Waals surface area (Å²) in [5.41, 5.74) is 0.177. The van der Waals surface area contributed by atoms with E-state index in [1.54, 1.807) is 19.2 Å². The van der Waals surface area contributed by atoms with Crippen molar-refractivity contribution >= 4 is 16.8 Å². The third-order valence-corrected chi connectivity index (χ3v) is 6.31. The minimum atomic E-state index is -0.881. The van der Waals surface area contributed by atoms with Crippen LogP contribution in [0.1, 0.15) is 22.3 Å². The zero-order chi connectivity index (χ0) is 25.4. The molecule has 0 spiro atoms.